The first kappa shape index (κ1) is 16.2. The molecule has 0 fully saturated rings. The predicted molar refractivity (Wildman–Crippen MR) is 94.1 cm³/mol. The summed E-state index contributed by atoms with van der Waals surface area (Å²) in [5.41, 5.74) is 2.04. The molecule has 0 amide bonds. The molecule has 3 aromatic rings. The molecule has 0 aliphatic carbocycles. The van der Waals surface area contributed by atoms with Crippen LogP contribution in [-0.2, 0) is 11.2 Å². The molecule has 0 spiro atoms. The maximum absolute atomic E-state index is 12.4. The number of nitrogens with zero attached hydrogens (tertiary/aromatic N) is 1. The molecule has 3 rings (SSSR count). The molecule has 0 aliphatic rings. The highest BCUT2D eigenvalue weighted by Crippen LogP contribution is 2.22. The molecule has 2 heterocycles. The number of carbonyl (C=O) groups is 2. The molecule has 0 saturated heterocycles. The van der Waals surface area contributed by atoms with Crippen molar-refractivity contribution < 1.29 is 9.59 Å². The van der Waals surface area contributed by atoms with E-state index in [1.807, 2.05) is 49.5 Å². The van der Waals surface area contributed by atoms with Gasteiger partial charge in [0.15, 0.2) is 17.5 Å². The van der Waals surface area contributed by atoms with Gasteiger partial charge in [0, 0.05) is 28.4 Å². The summed E-state index contributed by atoms with van der Waals surface area (Å²) in [6.45, 7) is 1.89. The minimum atomic E-state index is -1.21. The Bertz CT molecular complexity index is 946. The van der Waals surface area contributed by atoms with Gasteiger partial charge in [-0.3, -0.25) is 9.59 Å². The standard InChI is InChI=1S/C19H16N2O2S/c1-12-6-9-18(24-12)19(23)15(10-20)17(22)8-7-13-11-21-16-5-3-2-4-14(13)16/h2-6,9,11,15,21H,7-8H2,1H3. The zero-order valence-electron chi connectivity index (χ0n) is 13.2. The average molecular weight is 336 g/mol. The molecule has 0 radical (unpaired) electrons. The minimum Gasteiger partial charge on any atom is -0.361 e. The lowest BCUT2D eigenvalue weighted by atomic mass is 9.94. The summed E-state index contributed by atoms with van der Waals surface area (Å²) in [5.74, 6) is -1.92. The van der Waals surface area contributed by atoms with E-state index in [1.54, 1.807) is 6.07 Å². The fourth-order valence-electron chi connectivity index (χ4n) is 2.73. The van der Waals surface area contributed by atoms with Crippen molar-refractivity contribution in [2.24, 2.45) is 5.92 Å². The monoisotopic (exact) mass is 336 g/mol. The molecule has 0 bridgehead atoms. The Balaban J connectivity index is 1.71. The van der Waals surface area contributed by atoms with Crippen molar-refractivity contribution in [3.05, 3.63) is 57.9 Å². The van der Waals surface area contributed by atoms with Crippen LogP contribution in [0.4, 0.5) is 0 Å². The van der Waals surface area contributed by atoms with E-state index >= 15 is 0 Å². The quantitative estimate of drug-likeness (QED) is 0.545. The number of nitrogens with one attached hydrogen (secondary N) is 1. The fraction of sp³-hybridized carbons (Fsp3) is 0.211. The van der Waals surface area contributed by atoms with Crippen LogP contribution in [-0.4, -0.2) is 16.6 Å². The number of nitriles is 1. The first-order chi connectivity index (χ1) is 11.6. The van der Waals surface area contributed by atoms with Gasteiger partial charge in [-0.2, -0.15) is 5.26 Å². The van der Waals surface area contributed by atoms with Crippen LogP contribution in [0.25, 0.3) is 10.9 Å². The highest BCUT2D eigenvalue weighted by Gasteiger charge is 2.28. The van der Waals surface area contributed by atoms with Gasteiger partial charge in [-0.1, -0.05) is 18.2 Å². The van der Waals surface area contributed by atoms with Crippen LogP contribution >= 0.6 is 11.3 Å². The summed E-state index contributed by atoms with van der Waals surface area (Å²) < 4.78 is 0. The molecule has 5 heteroatoms. The topological polar surface area (TPSA) is 73.7 Å². The SMILES string of the molecule is Cc1ccc(C(=O)C(C#N)C(=O)CCc2c[nH]c3ccccc23)s1. The van der Waals surface area contributed by atoms with Gasteiger partial charge in [-0.25, -0.2) is 0 Å². The Morgan fingerprint density at radius 2 is 2.04 bits per heavy atom. The summed E-state index contributed by atoms with van der Waals surface area (Å²) in [4.78, 5) is 29.4. The molecule has 1 aromatic carbocycles. The summed E-state index contributed by atoms with van der Waals surface area (Å²) >= 11 is 1.32. The Kier molecular flexibility index (Phi) is 4.59. The number of para-hydroxylation sites is 1. The number of hydrogen-bond acceptors (Lipinski definition) is 4. The smallest absolute Gasteiger partial charge is 0.197 e. The zero-order valence-corrected chi connectivity index (χ0v) is 14.0. The number of rotatable bonds is 6. The van der Waals surface area contributed by atoms with Crippen LogP contribution in [0.2, 0.25) is 0 Å². The number of carbonyl (C=O) groups excluding carboxylic acids is 2. The van der Waals surface area contributed by atoms with E-state index in [-0.39, 0.29) is 18.0 Å². The van der Waals surface area contributed by atoms with E-state index in [1.165, 1.54) is 11.3 Å². The molecule has 0 saturated carbocycles. The van der Waals surface area contributed by atoms with Crippen molar-refractivity contribution in [3.63, 3.8) is 0 Å². The molecule has 1 N–H and O–H groups in total. The van der Waals surface area contributed by atoms with Crippen LogP contribution in [0, 0.1) is 24.2 Å². The predicted octanol–water partition coefficient (Wildman–Crippen LogP) is 4.06. The fourth-order valence-corrected chi connectivity index (χ4v) is 3.56. The van der Waals surface area contributed by atoms with Gasteiger partial charge in [0.2, 0.25) is 0 Å². The average Bonchev–Trinajstić information content (AvgIpc) is 3.20. The maximum atomic E-state index is 12.4. The maximum Gasteiger partial charge on any atom is 0.197 e. The van der Waals surface area contributed by atoms with Crippen LogP contribution in [0.15, 0.2) is 42.6 Å². The third kappa shape index (κ3) is 3.15. The van der Waals surface area contributed by atoms with Crippen molar-refractivity contribution in [2.75, 3.05) is 0 Å². The van der Waals surface area contributed by atoms with E-state index in [9.17, 15) is 14.9 Å². The highest BCUT2D eigenvalue weighted by atomic mass is 32.1. The molecule has 24 heavy (non-hydrogen) atoms. The summed E-state index contributed by atoms with van der Waals surface area (Å²) in [5, 5.41) is 10.3. The lowest BCUT2D eigenvalue weighted by Crippen LogP contribution is -2.22. The number of aromatic nitrogens is 1. The van der Waals surface area contributed by atoms with Gasteiger partial charge < -0.3 is 4.98 Å². The van der Waals surface area contributed by atoms with Crippen molar-refractivity contribution in [1.82, 2.24) is 4.98 Å². The Hall–Kier alpha value is -2.71. The van der Waals surface area contributed by atoms with Gasteiger partial charge in [0.1, 0.15) is 0 Å². The molecular weight excluding hydrogens is 320 g/mol. The highest BCUT2D eigenvalue weighted by molar-refractivity contribution is 7.14. The van der Waals surface area contributed by atoms with Crippen molar-refractivity contribution in [3.8, 4) is 6.07 Å². The first-order valence-electron chi connectivity index (χ1n) is 7.68. The van der Waals surface area contributed by atoms with Gasteiger partial charge in [-0.15, -0.1) is 11.3 Å². The Labute approximate surface area is 143 Å². The minimum absolute atomic E-state index is 0.177. The molecule has 2 aromatic heterocycles. The van der Waals surface area contributed by atoms with E-state index in [0.717, 1.165) is 21.3 Å². The number of benzene rings is 1. The Morgan fingerprint density at radius 3 is 2.75 bits per heavy atom. The van der Waals surface area contributed by atoms with E-state index < -0.39 is 5.92 Å². The number of ketones is 2. The largest absolute Gasteiger partial charge is 0.361 e. The van der Waals surface area contributed by atoms with Gasteiger partial charge >= 0.3 is 0 Å². The second-order valence-corrected chi connectivity index (χ2v) is 6.95. The molecule has 1 atom stereocenters. The summed E-state index contributed by atoms with van der Waals surface area (Å²) in [6.07, 6.45) is 2.57. The van der Waals surface area contributed by atoms with Gasteiger partial charge in [0.25, 0.3) is 0 Å². The number of hydrogen-bond donors (Lipinski definition) is 1. The van der Waals surface area contributed by atoms with E-state index in [4.69, 9.17) is 0 Å². The summed E-state index contributed by atoms with van der Waals surface area (Å²) in [6, 6.07) is 13.2. The number of aromatic amines is 1. The number of Topliss-reactive ketones (excluding diaryl/α,β-unsaturated/α-hetero) is 2. The molecule has 4 nitrogen and oxygen atoms in total. The second-order valence-electron chi connectivity index (χ2n) is 5.66. The number of H-pyrrole nitrogens is 1. The third-order valence-electron chi connectivity index (χ3n) is 4.01. The normalized spacial score (nSPS) is 12.0. The van der Waals surface area contributed by atoms with Crippen molar-refractivity contribution >= 4 is 33.8 Å². The zero-order chi connectivity index (χ0) is 17.1. The first-order valence-corrected chi connectivity index (χ1v) is 8.50. The number of aryl methyl sites for hydroxylation is 2. The van der Waals surface area contributed by atoms with Crippen LogP contribution < -0.4 is 0 Å². The number of fused-ring (bicyclic) bond motifs is 1. The molecule has 0 aliphatic heterocycles. The molecular formula is C19H16N2O2S. The van der Waals surface area contributed by atoms with Crippen LogP contribution in [0.3, 0.4) is 0 Å². The van der Waals surface area contributed by atoms with Crippen LogP contribution in [0.1, 0.15) is 26.5 Å². The van der Waals surface area contributed by atoms with E-state index in [0.29, 0.717) is 11.3 Å². The van der Waals surface area contributed by atoms with E-state index in [2.05, 4.69) is 4.98 Å². The third-order valence-corrected chi connectivity index (χ3v) is 5.03. The Morgan fingerprint density at radius 1 is 1.25 bits per heavy atom. The van der Waals surface area contributed by atoms with Gasteiger partial charge in [-0.05, 0) is 37.1 Å². The molecule has 1 unspecified atom stereocenters. The van der Waals surface area contributed by atoms with Crippen LogP contribution in [0.5, 0.6) is 0 Å². The lowest BCUT2D eigenvalue weighted by molar-refractivity contribution is -0.120. The van der Waals surface area contributed by atoms with Gasteiger partial charge in [0.05, 0.1) is 10.9 Å². The van der Waals surface area contributed by atoms with Crippen molar-refractivity contribution in [2.45, 2.75) is 19.8 Å². The van der Waals surface area contributed by atoms with Crippen molar-refractivity contribution in [1.29, 1.82) is 5.26 Å². The second kappa shape index (κ2) is 6.81. The lowest BCUT2D eigenvalue weighted by Gasteiger charge is -2.06. The molecule has 120 valence electrons. The summed E-state index contributed by atoms with van der Waals surface area (Å²) in [7, 11) is 0. The number of thiophene rings is 1.